The van der Waals surface area contributed by atoms with Crippen LogP contribution in [0.3, 0.4) is 0 Å². The summed E-state index contributed by atoms with van der Waals surface area (Å²) in [4.78, 5) is 0. The number of hydrogen-bond donors (Lipinski definition) is 1. The molecule has 1 aliphatic rings. The van der Waals surface area contributed by atoms with Crippen molar-refractivity contribution in [3.63, 3.8) is 0 Å². The number of rotatable bonds is 4. The number of hydrogen-bond acceptors (Lipinski definition) is 1. The Bertz CT molecular complexity index is 360. The fourth-order valence-electron chi connectivity index (χ4n) is 3.23. The van der Waals surface area contributed by atoms with Gasteiger partial charge in [0, 0.05) is 6.04 Å². The molecule has 18 heavy (non-hydrogen) atoms. The summed E-state index contributed by atoms with van der Waals surface area (Å²) < 4.78 is 13.0. The van der Waals surface area contributed by atoms with E-state index in [1.165, 1.54) is 31.2 Å². The summed E-state index contributed by atoms with van der Waals surface area (Å²) in [6, 6.07) is 7.40. The predicted molar refractivity (Wildman–Crippen MR) is 73.9 cm³/mol. The van der Waals surface area contributed by atoms with Gasteiger partial charge in [-0.2, -0.15) is 0 Å². The first-order chi connectivity index (χ1) is 8.70. The Kier molecular flexibility index (Phi) is 4.76. The Labute approximate surface area is 110 Å². The fourth-order valence-corrected chi connectivity index (χ4v) is 3.23. The van der Waals surface area contributed by atoms with Crippen molar-refractivity contribution in [3.05, 3.63) is 35.6 Å². The number of nitrogens with one attached hydrogen (secondary N) is 1. The molecule has 1 aromatic rings. The van der Waals surface area contributed by atoms with Crippen LogP contribution in [0.15, 0.2) is 24.3 Å². The van der Waals surface area contributed by atoms with Crippen LogP contribution in [0.4, 0.5) is 4.39 Å². The Hall–Kier alpha value is -0.890. The lowest BCUT2D eigenvalue weighted by Crippen LogP contribution is -2.31. The Morgan fingerprint density at radius 3 is 2.61 bits per heavy atom. The van der Waals surface area contributed by atoms with Gasteiger partial charge in [0.05, 0.1) is 0 Å². The van der Waals surface area contributed by atoms with Crippen molar-refractivity contribution >= 4 is 0 Å². The van der Waals surface area contributed by atoms with Crippen molar-refractivity contribution in [2.75, 3.05) is 6.54 Å². The zero-order valence-corrected chi connectivity index (χ0v) is 11.5. The van der Waals surface area contributed by atoms with Gasteiger partial charge >= 0.3 is 0 Å². The quantitative estimate of drug-likeness (QED) is 0.838. The minimum absolute atomic E-state index is 0.147. The van der Waals surface area contributed by atoms with Crippen molar-refractivity contribution in [3.8, 4) is 0 Å². The van der Waals surface area contributed by atoms with Crippen molar-refractivity contribution < 1.29 is 4.39 Å². The van der Waals surface area contributed by atoms with Crippen molar-refractivity contribution in [2.24, 2.45) is 11.8 Å². The second-order valence-electron chi connectivity index (χ2n) is 5.62. The lowest BCUT2D eigenvalue weighted by atomic mass is 9.76. The van der Waals surface area contributed by atoms with Crippen LogP contribution < -0.4 is 5.32 Å². The van der Waals surface area contributed by atoms with Crippen molar-refractivity contribution in [1.82, 2.24) is 5.32 Å². The zero-order chi connectivity index (χ0) is 13.0. The molecule has 0 aliphatic heterocycles. The van der Waals surface area contributed by atoms with E-state index in [0.717, 1.165) is 12.5 Å². The van der Waals surface area contributed by atoms with Gasteiger partial charge in [-0.1, -0.05) is 38.8 Å². The van der Waals surface area contributed by atoms with Crippen LogP contribution in [-0.2, 0) is 0 Å². The van der Waals surface area contributed by atoms with E-state index in [1.54, 1.807) is 12.1 Å². The molecule has 2 heteroatoms. The van der Waals surface area contributed by atoms with Crippen LogP contribution in [0.1, 0.15) is 51.1 Å². The van der Waals surface area contributed by atoms with Gasteiger partial charge in [0.15, 0.2) is 0 Å². The van der Waals surface area contributed by atoms with E-state index >= 15 is 0 Å². The average Bonchev–Trinajstić information content (AvgIpc) is 2.37. The normalized spacial score (nSPS) is 25.9. The summed E-state index contributed by atoms with van der Waals surface area (Å²) in [6.07, 6.45) is 5.27. The second-order valence-corrected chi connectivity index (χ2v) is 5.62. The summed E-state index contributed by atoms with van der Waals surface area (Å²) >= 11 is 0. The van der Waals surface area contributed by atoms with Gasteiger partial charge in [0.2, 0.25) is 0 Å². The largest absolute Gasteiger partial charge is 0.310 e. The zero-order valence-electron chi connectivity index (χ0n) is 11.5. The summed E-state index contributed by atoms with van der Waals surface area (Å²) in [6.45, 7) is 5.45. The lowest BCUT2D eigenvalue weighted by molar-refractivity contribution is 0.225. The number of benzene rings is 1. The molecule has 3 unspecified atom stereocenters. The Balaban J connectivity index is 2.13. The van der Waals surface area contributed by atoms with Crippen molar-refractivity contribution in [1.29, 1.82) is 0 Å². The first kappa shape index (κ1) is 13.5. The highest BCUT2D eigenvalue weighted by Gasteiger charge is 2.27. The minimum atomic E-state index is -0.147. The van der Waals surface area contributed by atoms with Gasteiger partial charge < -0.3 is 5.32 Å². The van der Waals surface area contributed by atoms with Crippen LogP contribution in [0, 0.1) is 17.7 Å². The van der Waals surface area contributed by atoms with Gasteiger partial charge in [0.25, 0.3) is 0 Å². The molecule has 0 spiro atoms. The molecule has 0 amide bonds. The summed E-state index contributed by atoms with van der Waals surface area (Å²) in [5.41, 5.74) is 1.23. The van der Waals surface area contributed by atoms with E-state index in [1.807, 2.05) is 12.1 Å². The molecule has 2 rings (SSSR count). The second kappa shape index (κ2) is 6.33. The van der Waals surface area contributed by atoms with Gasteiger partial charge in [-0.05, 0) is 48.9 Å². The van der Waals surface area contributed by atoms with Crippen LogP contribution >= 0.6 is 0 Å². The van der Waals surface area contributed by atoms with Crippen LogP contribution in [0.2, 0.25) is 0 Å². The van der Waals surface area contributed by atoms with Crippen molar-refractivity contribution in [2.45, 2.75) is 45.6 Å². The molecular weight excluding hydrogens is 225 g/mol. The monoisotopic (exact) mass is 249 g/mol. The molecule has 0 bridgehead atoms. The molecule has 100 valence electrons. The van der Waals surface area contributed by atoms with Crippen LogP contribution in [0.25, 0.3) is 0 Å². The lowest BCUT2D eigenvalue weighted by Gasteiger charge is -2.34. The topological polar surface area (TPSA) is 12.0 Å². The first-order valence-corrected chi connectivity index (χ1v) is 7.19. The standard InChI is InChI=1S/C16H24FN/c1-3-18-16(13-7-9-15(17)10-8-13)14-6-4-5-12(2)11-14/h7-10,12,14,16,18H,3-6,11H2,1-2H3. The van der Waals surface area contributed by atoms with Gasteiger partial charge in [-0.25, -0.2) is 4.39 Å². The molecule has 0 heterocycles. The van der Waals surface area contributed by atoms with Gasteiger partial charge in [-0.15, -0.1) is 0 Å². The molecule has 0 aromatic heterocycles. The minimum Gasteiger partial charge on any atom is -0.310 e. The maximum Gasteiger partial charge on any atom is 0.123 e. The maximum atomic E-state index is 13.0. The molecule has 1 N–H and O–H groups in total. The molecule has 0 radical (unpaired) electrons. The molecule has 1 aliphatic carbocycles. The molecule has 1 fully saturated rings. The van der Waals surface area contributed by atoms with E-state index in [0.29, 0.717) is 12.0 Å². The molecule has 0 saturated heterocycles. The highest BCUT2D eigenvalue weighted by Crippen LogP contribution is 2.37. The summed E-state index contributed by atoms with van der Waals surface area (Å²) in [7, 11) is 0. The smallest absolute Gasteiger partial charge is 0.123 e. The molecule has 1 saturated carbocycles. The Morgan fingerprint density at radius 2 is 2.00 bits per heavy atom. The first-order valence-electron chi connectivity index (χ1n) is 7.19. The number of halogens is 1. The Morgan fingerprint density at radius 1 is 1.28 bits per heavy atom. The molecule has 1 aromatic carbocycles. The van der Waals surface area contributed by atoms with E-state index in [9.17, 15) is 4.39 Å². The van der Waals surface area contributed by atoms with E-state index in [-0.39, 0.29) is 5.82 Å². The van der Waals surface area contributed by atoms with Gasteiger partial charge in [0.1, 0.15) is 5.82 Å². The van der Waals surface area contributed by atoms with E-state index in [4.69, 9.17) is 0 Å². The average molecular weight is 249 g/mol. The van der Waals surface area contributed by atoms with Gasteiger partial charge in [-0.3, -0.25) is 0 Å². The maximum absolute atomic E-state index is 13.0. The third-order valence-electron chi connectivity index (χ3n) is 4.10. The third kappa shape index (κ3) is 3.32. The molecule has 3 atom stereocenters. The summed E-state index contributed by atoms with van der Waals surface area (Å²) in [5.74, 6) is 1.37. The molecular formula is C16H24FN. The highest BCUT2D eigenvalue weighted by molar-refractivity contribution is 5.21. The highest BCUT2D eigenvalue weighted by atomic mass is 19.1. The summed E-state index contributed by atoms with van der Waals surface area (Å²) in [5, 5.41) is 3.59. The fraction of sp³-hybridized carbons (Fsp3) is 0.625. The predicted octanol–water partition coefficient (Wildman–Crippen LogP) is 4.30. The van der Waals surface area contributed by atoms with Crippen LogP contribution in [0.5, 0.6) is 0 Å². The van der Waals surface area contributed by atoms with E-state index < -0.39 is 0 Å². The SMILES string of the molecule is CCNC(c1ccc(F)cc1)C1CCCC(C)C1. The van der Waals surface area contributed by atoms with E-state index in [2.05, 4.69) is 19.2 Å². The van der Waals surface area contributed by atoms with Crippen LogP contribution in [-0.4, -0.2) is 6.54 Å². The third-order valence-corrected chi connectivity index (χ3v) is 4.10. The molecule has 1 nitrogen and oxygen atoms in total.